The maximum atomic E-state index is 5.49. The monoisotopic (exact) mass is 140 g/mol. The van der Waals surface area contributed by atoms with Gasteiger partial charge in [-0.15, -0.1) is 0 Å². The van der Waals surface area contributed by atoms with Gasteiger partial charge in [0.2, 0.25) is 0 Å². The molecular weight excluding hydrogens is 128 g/mol. The largest absolute Gasteiger partial charge is 0.344 e. The molecule has 0 unspecified atom stereocenters. The van der Waals surface area contributed by atoms with Crippen molar-refractivity contribution in [1.29, 1.82) is 0 Å². The van der Waals surface area contributed by atoms with Gasteiger partial charge in [-0.2, -0.15) is 0 Å². The average Bonchev–Trinajstić information content (AvgIpc) is 2.48. The second kappa shape index (κ2) is 2.07. The van der Waals surface area contributed by atoms with Gasteiger partial charge in [0, 0.05) is 6.42 Å². The van der Waals surface area contributed by atoms with E-state index in [-0.39, 0.29) is 5.79 Å². The SMILES string of the molecule is C=C1CCCC12OCCO2. The molecule has 0 aromatic rings. The normalized spacial score (nSPS) is 30.2. The Bertz CT molecular complexity index is 151. The van der Waals surface area contributed by atoms with Crippen molar-refractivity contribution in [3.8, 4) is 0 Å². The maximum Gasteiger partial charge on any atom is 0.190 e. The fourth-order valence-electron chi connectivity index (χ4n) is 1.70. The highest BCUT2D eigenvalue weighted by Gasteiger charge is 2.42. The van der Waals surface area contributed by atoms with Crippen LogP contribution in [-0.4, -0.2) is 19.0 Å². The lowest BCUT2D eigenvalue weighted by molar-refractivity contribution is -0.119. The first kappa shape index (κ1) is 6.38. The zero-order chi connectivity index (χ0) is 7.03. The predicted molar refractivity (Wildman–Crippen MR) is 37.6 cm³/mol. The molecule has 1 heterocycles. The maximum absolute atomic E-state index is 5.49. The van der Waals surface area contributed by atoms with E-state index in [4.69, 9.17) is 9.47 Å². The number of hydrogen-bond donors (Lipinski definition) is 0. The highest BCUT2D eigenvalue weighted by molar-refractivity contribution is 5.14. The van der Waals surface area contributed by atoms with Crippen LogP contribution >= 0.6 is 0 Å². The van der Waals surface area contributed by atoms with E-state index < -0.39 is 0 Å². The van der Waals surface area contributed by atoms with E-state index in [9.17, 15) is 0 Å². The minimum Gasteiger partial charge on any atom is -0.344 e. The van der Waals surface area contributed by atoms with Crippen molar-refractivity contribution in [1.82, 2.24) is 0 Å². The van der Waals surface area contributed by atoms with Gasteiger partial charge < -0.3 is 9.47 Å². The van der Waals surface area contributed by atoms with E-state index in [1.54, 1.807) is 0 Å². The Labute approximate surface area is 60.8 Å². The van der Waals surface area contributed by atoms with Gasteiger partial charge in [0.15, 0.2) is 5.79 Å². The van der Waals surface area contributed by atoms with Crippen molar-refractivity contribution in [2.75, 3.05) is 13.2 Å². The van der Waals surface area contributed by atoms with E-state index in [1.165, 1.54) is 6.42 Å². The Kier molecular flexibility index (Phi) is 1.32. The molecule has 0 amide bonds. The Hall–Kier alpha value is -0.340. The summed E-state index contributed by atoms with van der Waals surface area (Å²) in [6.45, 7) is 5.41. The smallest absolute Gasteiger partial charge is 0.190 e. The molecule has 1 spiro atoms. The number of rotatable bonds is 0. The molecule has 1 aliphatic heterocycles. The number of ether oxygens (including phenoxy) is 2. The molecule has 0 atom stereocenters. The minimum atomic E-state index is -0.347. The third-order valence-electron chi connectivity index (χ3n) is 2.28. The molecule has 2 nitrogen and oxygen atoms in total. The van der Waals surface area contributed by atoms with E-state index in [1.807, 2.05) is 0 Å². The van der Waals surface area contributed by atoms with Crippen molar-refractivity contribution in [2.24, 2.45) is 0 Å². The van der Waals surface area contributed by atoms with Crippen molar-refractivity contribution < 1.29 is 9.47 Å². The van der Waals surface area contributed by atoms with Gasteiger partial charge in [0.25, 0.3) is 0 Å². The topological polar surface area (TPSA) is 18.5 Å². The second-order valence-electron chi connectivity index (χ2n) is 2.91. The standard InChI is InChI=1S/C8H12O2/c1-7-3-2-4-8(7)9-5-6-10-8/h1-6H2. The first-order chi connectivity index (χ1) is 4.83. The molecule has 0 radical (unpaired) electrons. The molecule has 2 fully saturated rings. The van der Waals surface area contributed by atoms with Crippen LogP contribution in [0, 0.1) is 0 Å². The van der Waals surface area contributed by atoms with Crippen LogP contribution in [0.1, 0.15) is 19.3 Å². The molecule has 2 heteroatoms. The van der Waals surface area contributed by atoms with Crippen LogP contribution in [0.4, 0.5) is 0 Å². The summed E-state index contributed by atoms with van der Waals surface area (Å²) >= 11 is 0. The highest BCUT2D eigenvalue weighted by atomic mass is 16.7. The lowest BCUT2D eigenvalue weighted by Crippen LogP contribution is -2.27. The van der Waals surface area contributed by atoms with Crippen LogP contribution in [0.2, 0.25) is 0 Å². The quantitative estimate of drug-likeness (QED) is 0.474. The Morgan fingerprint density at radius 3 is 2.50 bits per heavy atom. The lowest BCUT2D eigenvalue weighted by atomic mass is 10.2. The summed E-state index contributed by atoms with van der Waals surface area (Å²) in [6.07, 6.45) is 3.24. The van der Waals surface area contributed by atoms with Crippen LogP contribution in [0.25, 0.3) is 0 Å². The van der Waals surface area contributed by atoms with Gasteiger partial charge in [-0.25, -0.2) is 0 Å². The molecule has 0 aromatic carbocycles. The summed E-state index contributed by atoms with van der Waals surface area (Å²) < 4.78 is 11.0. The van der Waals surface area contributed by atoms with Gasteiger partial charge >= 0.3 is 0 Å². The van der Waals surface area contributed by atoms with Crippen LogP contribution < -0.4 is 0 Å². The lowest BCUT2D eigenvalue weighted by Gasteiger charge is -2.22. The number of hydrogen-bond acceptors (Lipinski definition) is 2. The molecule has 56 valence electrons. The molecule has 2 aliphatic rings. The van der Waals surface area contributed by atoms with Crippen molar-refractivity contribution in [3.63, 3.8) is 0 Å². The van der Waals surface area contributed by atoms with Gasteiger partial charge in [-0.05, 0) is 18.4 Å². The first-order valence-electron chi connectivity index (χ1n) is 3.80. The second-order valence-corrected chi connectivity index (χ2v) is 2.91. The van der Waals surface area contributed by atoms with Crippen LogP contribution in [0.5, 0.6) is 0 Å². The summed E-state index contributed by atoms with van der Waals surface area (Å²) in [5.74, 6) is -0.347. The van der Waals surface area contributed by atoms with Crippen molar-refractivity contribution >= 4 is 0 Å². The van der Waals surface area contributed by atoms with E-state index >= 15 is 0 Å². The van der Waals surface area contributed by atoms with Crippen molar-refractivity contribution in [3.05, 3.63) is 12.2 Å². The van der Waals surface area contributed by atoms with Gasteiger partial charge in [0.05, 0.1) is 13.2 Å². The fourth-order valence-corrected chi connectivity index (χ4v) is 1.70. The molecule has 0 aromatic heterocycles. The molecule has 1 saturated heterocycles. The molecule has 2 rings (SSSR count). The highest BCUT2D eigenvalue weighted by Crippen LogP contribution is 2.40. The van der Waals surface area contributed by atoms with Crippen LogP contribution in [0.3, 0.4) is 0 Å². The third-order valence-corrected chi connectivity index (χ3v) is 2.28. The van der Waals surface area contributed by atoms with Gasteiger partial charge in [0.1, 0.15) is 0 Å². The summed E-state index contributed by atoms with van der Waals surface area (Å²) in [7, 11) is 0. The molecule has 0 bridgehead atoms. The molecule has 10 heavy (non-hydrogen) atoms. The van der Waals surface area contributed by atoms with Gasteiger partial charge in [-0.3, -0.25) is 0 Å². The summed E-state index contributed by atoms with van der Waals surface area (Å²) in [5, 5.41) is 0. The Morgan fingerprint density at radius 2 is 2.00 bits per heavy atom. The Balaban J connectivity index is 2.19. The zero-order valence-electron chi connectivity index (χ0n) is 6.06. The summed E-state index contributed by atoms with van der Waals surface area (Å²) in [6, 6.07) is 0. The average molecular weight is 140 g/mol. The van der Waals surface area contributed by atoms with Crippen molar-refractivity contribution in [2.45, 2.75) is 25.0 Å². The summed E-state index contributed by atoms with van der Waals surface area (Å²) in [4.78, 5) is 0. The third kappa shape index (κ3) is 0.724. The van der Waals surface area contributed by atoms with Crippen LogP contribution in [0.15, 0.2) is 12.2 Å². The Morgan fingerprint density at radius 1 is 1.30 bits per heavy atom. The van der Waals surface area contributed by atoms with E-state index in [0.717, 1.165) is 31.6 Å². The van der Waals surface area contributed by atoms with E-state index in [0.29, 0.717) is 0 Å². The van der Waals surface area contributed by atoms with E-state index in [2.05, 4.69) is 6.58 Å². The fraction of sp³-hybridized carbons (Fsp3) is 0.750. The molecule has 1 saturated carbocycles. The predicted octanol–water partition coefficient (Wildman–Crippen LogP) is 1.47. The van der Waals surface area contributed by atoms with Crippen LogP contribution in [-0.2, 0) is 9.47 Å². The first-order valence-corrected chi connectivity index (χ1v) is 3.80. The van der Waals surface area contributed by atoms with Gasteiger partial charge in [-0.1, -0.05) is 6.58 Å². The molecule has 1 aliphatic carbocycles. The minimum absolute atomic E-state index is 0.347. The molecular formula is C8H12O2. The zero-order valence-corrected chi connectivity index (χ0v) is 6.06. The summed E-state index contributed by atoms with van der Waals surface area (Å²) in [5.41, 5.74) is 1.13. The molecule has 0 N–H and O–H groups in total.